The third-order valence-electron chi connectivity index (χ3n) is 2.94. The van der Waals surface area contributed by atoms with Gasteiger partial charge in [-0.1, -0.05) is 11.6 Å². The molecular formula is C14H13ClN6. The van der Waals surface area contributed by atoms with Crippen molar-refractivity contribution in [1.29, 1.82) is 0 Å². The maximum absolute atomic E-state index is 5.86. The van der Waals surface area contributed by atoms with Gasteiger partial charge in [-0.15, -0.1) is 0 Å². The number of aryl methyl sites for hydroxylation is 1. The molecule has 0 bridgehead atoms. The van der Waals surface area contributed by atoms with Crippen molar-refractivity contribution in [1.82, 2.24) is 24.7 Å². The summed E-state index contributed by atoms with van der Waals surface area (Å²) in [6, 6.07) is 5.43. The first-order valence-electron chi connectivity index (χ1n) is 6.33. The van der Waals surface area contributed by atoms with Gasteiger partial charge in [0.2, 0.25) is 0 Å². The Morgan fingerprint density at radius 1 is 1.14 bits per heavy atom. The first-order valence-corrected chi connectivity index (χ1v) is 6.71. The number of halogens is 1. The second-order valence-corrected chi connectivity index (χ2v) is 4.91. The van der Waals surface area contributed by atoms with Crippen molar-refractivity contribution in [3.05, 3.63) is 41.8 Å². The average Bonchev–Trinajstić information content (AvgIpc) is 2.94. The fourth-order valence-corrected chi connectivity index (χ4v) is 2.01. The number of nitrogens with one attached hydrogen (secondary N) is 1. The van der Waals surface area contributed by atoms with Crippen molar-refractivity contribution in [2.45, 2.75) is 0 Å². The topological polar surface area (TPSA) is 68.5 Å². The van der Waals surface area contributed by atoms with Crippen LogP contribution in [0.3, 0.4) is 0 Å². The van der Waals surface area contributed by atoms with E-state index in [0.29, 0.717) is 16.5 Å². The lowest BCUT2D eigenvalue weighted by atomic mass is 10.2. The van der Waals surface area contributed by atoms with Crippen LogP contribution in [0.15, 0.2) is 36.8 Å². The monoisotopic (exact) mass is 300 g/mol. The Hall–Kier alpha value is -2.47. The number of rotatable bonds is 3. The normalized spacial score (nSPS) is 10.6. The summed E-state index contributed by atoms with van der Waals surface area (Å²) in [5.74, 6) is 1.26. The standard InChI is InChI=1S/C14H13ClN6/c1-16-13-5-12(9-6-18-21(2)8-9)19-14(20-13)11-4-3-10(15)7-17-11/h3-8H,1-2H3,(H,16,19,20). The summed E-state index contributed by atoms with van der Waals surface area (Å²) in [5, 5.41) is 7.78. The van der Waals surface area contributed by atoms with Gasteiger partial charge >= 0.3 is 0 Å². The van der Waals surface area contributed by atoms with Gasteiger partial charge in [0.1, 0.15) is 11.5 Å². The molecule has 0 aromatic carbocycles. The van der Waals surface area contributed by atoms with Crippen molar-refractivity contribution in [3.63, 3.8) is 0 Å². The fourth-order valence-electron chi connectivity index (χ4n) is 1.90. The molecule has 0 saturated heterocycles. The summed E-state index contributed by atoms with van der Waals surface area (Å²) in [6.45, 7) is 0. The van der Waals surface area contributed by atoms with E-state index < -0.39 is 0 Å². The molecule has 3 heterocycles. The van der Waals surface area contributed by atoms with Crippen LogP contribution in [0.2, 0.25) is 5.02 Å². The highest BCUT2D eigenvalue weighted by Crippen LogP contribution is 2.23. The molecular weight excluding hydrogens is 288 g/mol. The Kier molecular flexibility index (Phi) is 3.53. The van der Waals surface area contributed by atoms with Crippen molar-refractivity contribution in [2.75, 3.05) is 12.4 Å². The molecule has 0 aliphatic carbocycles. The van der Waals surface area contributed by atoms with Gasteiger partial charge in [0.05, 0.1) is 16.9 Å². The lowest BCUT2D eigenvalue weighted by Gasteiger charge is -2.06. The van der Waals surface area contributed by atoms with Crippen LogP contribution >= 0.6 is 11.6 Å². The van der Waals surface area contributed by atoms with Crippen LogP contribution in [-0.4, -0.2) is 31.8 Å². The molecule has 0 atom stereocenters. The molecule has 1 N–H and O–H groups in total. The van der Waals surface area contributed by atoms with Crippen LogP contribution in [0.4, 0.5) is 5.82 Å². The second kappa shape index (κ2) is 5.49. The Morgan fingerprint density at radius 3 is 2.62 bits per heavy atom. The first-order chi connectivity index (χ1) is 10.2. The average molecular weight is 301 g/mol. The summed E-state index contributed by atoms with van der Waals surface area (Å²) in [5.41, 5.74) is 2.38. The smallest absolute Gasteiger partial charge is 0.180 e. The Bertz CT molecular complexity index is 765. The van der Waals surface area contributed by atoms with Crippen molar-refractivity contribution in [3.8, 4) is 22.8 Å². The minimum absolute atomic E-state index is 0.539. The lowest BCUT2D eigenvalue weighted by molar-refractivity contribution is 0.768. The van der Waals surface area contributed by atoms with E-state index in [-0.39, 0.29) is 0 Å². The molecule has 6 nitrogen and oxygen atoms in total. The Labute approximate surface area is 126 Å². The van der Waals surface area contributed by atoms with E-state index in [9.17, 15) is 0 Å². The molecule has 0 radical (unpaired) electrons. The maximum atomic E-state index is 5.86. The quantitative estimate of drug-likeness (QED) is 0.805. The van der Waals surface area contributed by atoms with E-state index in [0.717, 1.165) is 17.1 Å². The largest absolute Gasteiger partial charge is 0.373 e. The summed E-state index contributed by atoms with van der Waals surface area (Å²) in [6.07, 6.45) is 5.25. The van der Waals surface area contributed by atoms with E-state index in [1.54, 1.807) is 29.2 Å². The van der Waals surface area contributed by atoms with Crippen LogP contribution < -0.4 is 5.32 Å². The summed E-state index contributed by atoms with van der Waals surface area (Å²) >= 11 is 5.86. The molecule has 3 rings (SSSR count). The third kappa shape index (κ3) is 2.85. The lowest BCUT2D eigenvalue weighted by Crippen LogP contribution is -1.99. The molecule has 3 aromatic rings. The molecule has 3 aromatic heterocycles. The minimum atomic E-state index is 0.539. The molecule has 0 aliphatic rings. The molecule has 106 valence electrons. The summed E-state index contributed by atoms with van der Waals surface area (Å²) < 4.78 is 1.73. The van der Waals surface area contributed by atoms with E-state index in [2.05, 4.69) is 25.4 Å². The highest BCUT2D eigenvalue weighted by Gasteiger charge is 2.10. The number of aromatic nitrogens is 5. The highest BCUT2D eigenvalue weighted by molar-refractivity contribution is 6.30. The molecule has 0 unspecified atom stereocenters. The molecule has 7 heteroatoms. The van der Waals surface area contributed by atoms with Crippen molar-refractivity contribution >= 4 is 17.4 Å². The summed E-state index contributed by atoms with van der Waals surface area (Å²) in [7, 11) is 3.68. The molecule has 0 aliphatic heterocycles. The highest BCUT2D eigenvalue weighted by atomic mass is 35.5. The van der Waals surface area contributed by atoms with E-state index >= 15 is 0 Å². The summed E-state index contributed by atoms with van der Waals surface area (Å²) in [4.78, 5) is 13.2. The zero-order valence-corrected chi connectivity index (χ0v) is 12.3. The van der Waals surface area contributed by atoms with Crippen LogP contribution in [0, 0.1) is 0 Å². The molecule has 0 saturated carbocycles. The number of nitrogens with zero attached hydrogens (tertiary/aromatic N) is 5. The van der Waals surface area contributed by atoms with E-state index in [4.69, 9.17) is 11.6 Å². The number of pyridine rings is 1. The van der Waals surface area contributed by atoms with E-state index in [1.807, 2.05) is 26.4 Å². The van der Waals surface area contributed by atoms with Gasteiger partial charge in [0, 0.05) is 38.1 Å². The van der Waals surface area contributed by atoms with Gasteiger partial charge in [0.25, 0.3) is 0 Å². The van der Waals surface area contributed by atoms with Crippen LogP contribution in [-0.2, 0) is 7.05 Å². The fraction of sp³-hybridized carbons (Fsp3) is 0.143. The van der Waals surface area contributed by atoms with Gasteiger partial charge in [0.15, 0.2) is 5.82 Å². The van der Waals surface area contributed by atoms with Gasteiger partial charge in [-0.2, -0.15) is 5.10 Å². The number of hydrogen-bond donors (Lipinski definition) is 1. The number of anilines is 1. The van der Waals surface area contributed by atoms with Crippen LogP contribution in [0.5, 0.6) is 0 Å². The van der Waals surface area contributed by atoms with E-state index in [1.165, 1.54) is 0 Å². The second-order valence-electron chi connectivity index (χ2n) is 4.48. The molecule has 0 amide bonds. The molecule has 0 fully saturated rings. The first kappa shape index (κ1) is 13.5. The molecule has 21 heavy (non-hydrogen) atoms. The minimum Gasteiger partial charge on any atom is -0.373 e. The predicted octanol–water partition coefficient (Wildman–Crippen LogP) is 2.63. The SMILES string of the molecule is CNc1cc(-c2cnn(C)c2)nc(-c2ccc(Cl)cn2)n1. The van der Waals surface area contributed by atoms with Gasteiger partial charge in [-0.05, 0) is 12.1 Å². The number of hydrogen-bond acceptors (Lipinski definition) is 5. The van der Waals surface area contributed by atoms with Crippen molar-refractivity contribution in [2.24, 2.45) is 7.05 Å². The van der Waals surface area contributed by atoms with Gasteiger partial charge in [-0.3, -0.25) is 9.67 Å². The van der Waals surface area contributed by atoms with Crippen LogP contribution in [0.1, 0.15) is 0 Å². The van der Waals surface area contributed by atoms with Crippen LogP contribution in [0.25, 0.3) is 22.8 Å². The Balaban J connectivity index is 2.10. The Morgan fingerprint density at radius 2 is 2.00 bits per heavy atom. The van der Waals surface area contributed by atoms with Gasteiger partial charge in [-0.25, -0.2) is 9.97 Å². The zero-order chi connectivity index (χ0) is 14.8. The van der Waals surface area contributed by atoms with Crippen molar-refractivity contribution < 1.29 is 0 Å². The third-order valence-corrected chi connectivity index (χ3v) is 3.16. The predicted molar refractivity (Wildman–Crippen MR) is 82.0 cm³/mol. The zero-order valence-electron chi connectivity index (χ0n) is 11.6. The van der Waals surface area contributed by atoms with Gasteiger partial charge < -0.3 is 5.32 Å². The maximum Gasteiger partial charge on any atom is 0.180 e. The molecule has 0 spiro atoms.